The highest BCUT2D eigenvalue weighted by atomic mass is 32.2. The Labute approximate surface area is 118 Å². The van der Waals surface area contributed by atoms with Crippen molar-refractivity contribution in [1.82, 2.24) is 14.8 Å². The predicted octanol–water partition coefficient (Wildman–Crippen LogP) is 0.655. The van der Waals surface area contributed by atoms with E-state index >= 15 is 0 Å². The molecule has 7 heteroatoms. The van der Waals surface area contributed by atoms with Crippen LogP contribution in [0.4, 0.5) is 0 Å². The Morgan fingerprint density at radius 1 is 1.20 bits per heavy atom. The summed E-state index contributed by atoms with van der Waals surface area (Å²) in [5, 5.41) is 16.5. The molecule has 0 aliphatic carbocycles. The average Bonchev–Trinajstić information content (AvgIpc) is 2.83. The number of aromatic nitrogens is 3. The van der Waals surface area contributed by atoms with Crippen molar-refractivity contribution in [3.63, 3.8) is 0 Å². The van der Waals surface area contributed by atoms with E-state index in [9.17, 15) is 8.42 Å². The maximum absolute atomic E-state index is 12.0. The third kappa shape index (κ3) is 3.05. The predicted molar refractivity (Wildman–Crippen MR) is 74.1 cm³/mol. The summed E-state index contributed by atoms with van der Waals surface area (Å²) in [6, 6.07) is 9.68. The molecule has 0 aliphatic heterocycles. The first kappa shape index (κ1) is 14.7. The van der Waals surface area contributed by atoms with Crippen LogP contribution < -0.4 is 0 Å². The van der Waals surface area contributed by atoms with E-state index in [-0.39, 0.29) is 10.9 Å². The van der Waals surface area contributed by atoms with Crippen molar-refractivity contribution in [3.8, 4) is 0 Å². The lowest BCUT2D eigenvalue weighted by atomic mass is 10.1. The molecule has 0 saturated carbocycles. The lowest BCUT2D eigenvalue weighted by molar-refractivity contribution is 0.319. The fourth-order valence-corrected chi connectivity index (χ4v) is 3.15. The van der Waals surface area contributed by atoms with E-state index in [0.29, 0.717) is 18.8 Å². The molecule has 2 rings (SSSR count). The van der Waals surface area contributed by atoms with Crippen LogP contribution in [0.25, 0.3) is 0 Å². The van der Waals surface area contributed by atoms with Gasteiger partial charge >= 0.3 is 0 Å². The Bertz CT molecular complexity index is 665. The summed E-state index contributed by atoms with van der Waals surface area (Å²) in [7, 11) is -3.59. The monoisotopic (exact) mass is 295 g/mol. The Hall–Kier alpha value is -1.73. The van der Waals surface area contributed by atoms with Gasteiger partial charge in [-0.3, -0.25) is 0 Å². The summed E-state index contributed by atoms with van der Waals surface area (Å²) in [5.41, 5.74) is 1.04. The van der Waals surface area contributed by atoms with E-state index in [1.165, 1.54) is 0 Å². The van der Waals surface area contributed by atoms with E-state index < -0.39 is 16.4 Å². The van der Waals surface area contributed by atoms with Crippen molar-refractivity contribution in [2.75, 3.05) is 12.4 Å². The number of sulfone groups is 1. The van der Waals surface area contributed by atoms with Crippen molar-refractivity contribution in [3.05, 3.63) is 41.7 Å². The van der Waals surface area contributed by atoms with Crippen LogP contribution in [-0.4, -0.2) is 40.6 Å². The van der Waals surface area contributed by atoms with Crippen LogP contribution in [0, 0.1) is 0 Å². The van der Waals surface area contributed by atoms with Gasteiger partial charge in [0.05, 0.1) is 12.4 Å². The zero-order chi connectivity index (χ0) is 14.6. The van der Waals surface area contributed by atoms with E-state index in [1.807, 2.05) is 37.3 Å². The standard InChI is InChI=1S/C13H17N3O3S/c1-2-16-12(10-11-6-4-3-5-7-11)14-15-13(16)20(18,19)9-8-17/h3-7,17H,2,8-10H2,1H3. The number of hydrogen-bond acceptors (Lipinski definition) is 5. The summed E-state index contributed by atoms with van der Waals surface area (Å²) in [4.78, 5) is 0. The fourth-order valence-electron chi connectivity index (χ4n) is 1.99. The molecule has 1 heterocycles. The Morgan fingerprint density at radius 2 is 1.90 bits per heavy atom. The van der Waals surface area contributed by atoms with Crippen molar-refractivity contribution in [2.24, 2.45) is 0 Å². The number of aliphatic hydroxyl groups is 1. The normalized spacial score (nSPS) is 11.7. The molecule has 0 atom stereocenters. The largest absolute Gasteiger partial charge is 0.395 e. The third-order valence-electron chi connectivity index (χ3n) is 2.95. The minimum absolute atomic E-state index is 0.0695. The number of benzene rings is 1. The van der Waals surface area contributed by atoms with Gasteiger partial charge in [-0.15, -0.1) is 10.2 Å². The zero-order valence-electron chi connectivity index (χ0n) is 11.2. The molecule has 1 N–H and O–H groups in total. The molecule has 0 fully saturated rings. The van der Waals surface area contributed by atoms with E-state index in [1.54, 1.807) is 4.57 Å². The lowest BCUT2D eigenvalue weighted by Crippen LogP contribution is -2.17. The molecule has 0 saturated heterocycles. The molecular weight excluding hydrogens is 278 g/mol. The van der Waals surface area contributed by atoms with Gasteiger partial charge in [0, 0.05) is 13.0 Å². The second kappa shape index (κ2) is 6.15. The van der Waals surface area contributed by atoms with Crippen molar-refractivity contribution in [1.29, 1.82) is 0 Å². The number of rotatable bonds is 6. The van der Waals surface area contributed by atoms with E-state index in [0.717, 1.165) is 5.56 Å². The van der Waals surface area contributed by atoms with Crippen LogP contribution in [0.5, 0.6) is 0 Å². The highest BCUT2D eigenvalue weighted by Crippen LogP contribution is 2.14. The molecule has 0 radical (unpaired) electrons. The lowest BCUT2D eigenvalue weighted by Gasteiger charge is -2.07. The van der Waals surface area contributed by atoms with E-state index in [2.05, 4.69) is 10.2 Å². The van der Waals surface area contributed by atoms with Crippen LogP contribution in [0.3, 0.4) is 0 Å². The summed E-state index contributed by atoms with van der Waals surface area (Å²) in [5.74, 6) is 0.270. The highest BCUT2D eigenvalue weighted by molar-refractivity contribution is 7.91. The summed E-state index contributed by atoms with van der Waals surface area (Å²) < 4.78 is 25.6. The van der Waals surface area contributed by atoms with Crippen LogP contribution in [0.15, 0.2) is 35.5 Å². The Balaban J connectivity index is 2.35. The second-order valence-electron chi connectivity index (χ2n) is 4.35. The summed E-state index contributed by atoms with van der Waals surface area (Å²) in [6.45, 7) is 1.89. The van der Waals surface area contributed by atoms with Gasteiger partial charge in [-0.2, -0.15) is 0 Å². The first-order valence-electron chi connectivity index (χ1n) is 6.38. The Morgan fingerprint density at radius 3 is 2.50 bits per heavy atom. The van der Waals surface area contributed by atoms with Crippen molar-refractivity contribution >= 4 is 9.84 Å². The second-order valence-corrected chi connectivity index (χ2v) is 6.35. The first-order chi connectivity index (χ1) is 9.58. The van der Waals surface area contributed by atoms with Crippen LogP contribution in [0.1, 0.15) is 18.3 Å². The van der Waals surface area contributed by atoms with Gasteiger partial charge in [-0.1, -0.05) is 30.3 Å². The van der Waals surface area contributed by atoms with Gasteiger partial charge < -0.3 is 9.67 Å². The van der Waals surface area contributed by atoms with Crippen molar-refractivity contribution < 1.29 is 13.5 Å². The van der Waals surface area contributed by atoms with Gasteiger partial charge in [0.1, 0.15) is 5.82 Å². The molecule has 2 aromatic rings. The number of hydrogen-bond donors (Lipinski definition) is 1. The molecule has 1 aromatic carbocycles. The van der Waals surface area contributed by atoms with Crippen LogP contribution in [0.2, 0.25) is 0 Å². The quantitative estimate of drug-likeness (QED) is 0.846. The molecule has 108 valence electrons. The minimum atomic E-state index is -3.59. The molecule has 1 aromatic heterocycles. The zero-order valence-corrected chi connectivity index (χ0v) is 12.0. The summed E-state index contributed by atoms with van der Waals surface area (Å²) in [6.07, 6.45) is 0.524. The molecule has 0 unspecified atom stereocenters. The fraction of sp³-hybridized carbons (Fsp3) is 0.385. The third-order valence-corrected chi connectivity index (χ3v) is 4.53. The molecule has 20 heavy (non-hydrogen) atoms. The highest BCUT2D eigenvalue weighted by Gasteiger charge is 2.23. The first-order valence-corrected chi connectivity index (χ1v) is 8.03. The van der Waals surface area contributed by atoms with Crippen LogP contribution in [-0.2, 0) is 22.8 Å². The SMILES string of the molecule is CCn1c(Cc2ccccc2)nnc1S(=O)(=O)CCO. The maximum Gasteiger partial charge on any atom is 0.249 e. The average molecular weight is 295 g/mol. The summed E-state index contributed by atoms with van der Waals surface area (Å²) >= 11 is 0. The molecular formula is C13H17N3O3S. The molecule has 0 aliphatic rings. The number of aliphatic hydroxyl groups excluding tert-OH is 1. The number of nitrogens with zero attached hydrogens (tertiary/aromatic N) is 3. The Kier molecular flexibility index (Phi) is 4.51. The molecule has 0 spiro atoms. The van der Waals surface area contributed by atoms with E-state index in [4.69, 9.17) is 5.11 Å². The van der Waals surface area contributed by atoms with Crippen LogP contribution >= 0.6 is 0 Å². The van der Waals surface area contributed by atoms with Gasteiger partial charge in [-0.25, -0.2) is 8.42 Å². The molecule has 0 amide bonds. The van der Waals surface area contributed by atoms with Crippen molar-refractivity contribution in [2.45, 2.75) is 25.0 Å². The minimum Gasteiger partial charge on any atom is -0.395 e. The van der Waals surface area contributed by atoms with Gasteiger partial charge in [0.15, 0.2) is 0 Å². The van der Waals surface area contributed by atoms with Gasteiger partial charge in [0.25, 0.3) is 0 Å². The molecule has 6 nitrogen and oxygen atoms in total. The topological polar surface area (TPSA) is 85.1 Å². The van der Waals surface area contributed by atoms with Gasteiger partial charge in [-0.05, 0) is 12.5 Å². The maximum atomic E-state index is 12.0. The van der Waals surface area contributed by atoms with Gasteiger partial charge in [0.2, 0.25) is 15.0 Å². The smallest absolute Gasteiger partial charge is 0.249 e. The molecule has 0 bridgehead atoms.